The Hall–Kier alpha value is -2.87. The van der Waals surface area contributed by atoms with Crippen LogP contribution in [0, 0.1) is 0 Å². The van der Waals surface area contributed by atoms with Gasteiger partial charge in [0.2, 0.25) is 0 Å². The number of aromatic amines is 1. The third kappa shape index (κ3) is 3.55. The van der Waals surface area contributed by atoms with Crippen LogP contribution in [-0.4, -0.2) is 22.1 Å². The molecule has 0 fully saturated rings. The molecule has 1 aromatic heterocycles. The van der Waals surface area contributed by atoms with Crippen LogP contribution < -0.4 is 10.4 Å². The summed E-state index contributed by atoms with van der Waals surface area (Å²) in [6.45, 7) is 0. The van der Waals surface area contributed by atoms with Gasteiger partial charge in [-0.25, -0.2) is 9.78 Å². The molecule has 0 saturated heterocycles. The van der Waals surface area contributed by atoms with Gasteiger partial charge in [0.25, 0.3) is 0 Å². The molecule has 1 N–H and O–H groups in total. The Balaban J connectivity index is 2.11. The summed E-state index contributed by atoms with van der Waals surface area (Å²) in [4.78, 5) is 22.3. The molecule has 0 spiro atoms. The van der Waals surface area contributed by atoms with Gasteiger partial charge in [0.1, 0.15) is 11.6 Å². The summed E-state index contributed by atoms with van der Waals surface area (Å²) in [7, 11) is 1.44. The SMILES string of the molecule is COc1cccc(Cl)c1-c1nc(-c2ccc(C(F)(F)F)cc2)nc(=O)[nH]1. The van der Waals surface area contributed by atoms with Gasteiger partial charge in [0, 0.05) is 5.56 Å². The molecular weight excluding hydrogens is 371 g/mol. The van der Waals surface area contributed by atoms with Crippen LogP contribution in [0.3, 0.4) is 0 Å². The van der Waals surface area contributed by atoms with Crippen molar-refractivity contribution in [3.63, 3.8) is 0 Å². The Labute approximate surface area is 150 Å². The summed E-state index contributed by atoms with van der Waals surface area (Å²) < 4.78 is 43.3. The zero-order valence-electron chi connectivity index (χ0n) is 13.3. The number of nitrogens with zero attached hydrogens (tertiary/aromatic N) is 2. The van der Waals surface area contributed by atoms with Crippen LogP contribution in [0.2, 0.25) is 5.02 Å². The number of nitrogens with one attached hydrogen (secondary N) is 1. The first-order valence-electron chi connectivity index (χ1n) is 7.28. The van der Waals surface area contributed by atoms with Crippen molar-refractivity contribution >= 4 is 11.6 Å². The molecule has 0 atom stereocenters. The van der Waals surface area contributed by atoms with Gasteiger partial charge in [-0.1, -0.05) is 29.8 Å². The summed E-state index contributed by atoms with van der Waals surface area (Å²) in [5.41, 5.74) is -0.911. The lowest BCUT2D eigenvalue weighted by atomic mass is 10.1. The van der Waals surface area contributed by atoms with Gasteiger partial charge in [-0.05, 0) is 24.3 Å². The van der Waals surface area contributed by atoms with E-state index in [4.69, 9.17) is 16.3 Å². The van der Waals surface area contributed by atoms with Crippen LogP contribution in [0.1, 0.15) is 5.56 Å². The summed E-state index contributed by atoms with van der Waals surface area (Å²) in [5.74, 6) is 0.451. The second-order valence-corrected chi connectivity index (χ2v) is 5.63. The maximum absolute atomic E-state index is 12.7. The van der Waals surface area contributed by atoms with Crippen molar-refractivity contribution in [2.45, 2.75) is 6.18 Å². The summed E-state index contributed by atoms with van der Waals surface area (Å²) in [6.07, 6.45) is -4.45. The molecular formula is C17H11ClF3N3O2. The Kier molecular flexibility index (Phi) is 4.69. The number of hydrogen-bond donors (Lipinski definition) is 1. The highest BCUT2D eigenvalue weighted by Gasteiger charge is 2.30. The number of alkyl halides is 3. The third-order valence-corrected chi connectivity index (χ3v) is 3.87. The first-order valence-corrected chi connectivity index (χ1v) is 7.66. The second kappa shape index (κ2) is 6.80. The molecule has 0 unspecified atom stereocenters. The van der Waals surface area contributed by atoms with E-state index in [0.29, 0.717) is 11.3 Å². The van der Waals surface area contributed by atoms with Crippen molar-refractivity contribution in [2.24, 2.45) is 0 Å². The van der Waals surface area contributed by atoms with E-state index in [1.807, 2.05) is 0 Å². The molecule has 0 radical (unpaired) electrons. The van der Waals surface area contributed by atoms with Gasteiger partial charge < -0.3 is 4.74 Å². The van der Waals surface area contributed by atoms with Gasteiger partial charge in [-0.15, -0.1) is 0 Å². The predicted molar refractivity (Wildman–Crippen MR) is 90.1 cm³/mol. The van der Waals surface area contributed by atoms with E-state index in [0.717, 1.165) is 12.1 Å². The zero-order chi connectivity index (χ0) is 18.9. The van der Waals surface area contributed by atoms with E-state index >= 15 is 0 Å². The van der Waals surface area contributed by atoms with Crippen molar-refractivity contribution in [3.05, 3.63) is 63.5 Å². The van der Waals surface area contributed by atoms with Crippen LogP contribution in [0.5, 0.6) is 5.75 Å². The van der Waals surface area contributed by atoms with Crippen LogP contribution in [0.4, 0.5) is 13.2 Å². The van der Waals surface area contributed by atoms with Crippen molar-refractivity contribution in [1.82, 2.24) is 15.0 Å². The summed E-state index contributed by atoms with van der Waals surface area (Å²) in [5, 5.41) is 0.289. The Morgan fingerprint density at radius 3 is 2.38 bits per heavy atom. The fourth-order valence-corrected chi connectivity index (χ4v) is 2.60. The van der Waals surface area contributed by atoms with Gasteiger partial charge in [0.05, 0.1) is 23.3 Å². The quantitative estimate of drug-likeness (QED) is 0.739. The molecule has 0 bridgehead atoms. The molecule has 0 aliphatic carbocycles. The largest absolute Gasteiger partial charge is 0.496 e. The smallest absolute Gasteiger partial charge is 0.416 e. The normalized spacial score (nSPS) is 11.4. The van der Waals surface area contributed by atoms with Gasteiger partial charge in [-0.3, -0.25) is 4.98 Å². The van der Waals surface area contributed by atoms with E-state index in [1.54, 1.807) is 18.2 Å². The van der Waals surface area contributed by atoms with Crippen LogP contribution in [-0.2, 0) is 6.18 Å². The lowest BCUT2D eigenvalue weighted by Gasteiger charge is -2.10. The number of rotatable bonds is 3. The standard InChI is InChI=1S/C17H11ClF3N3O2/c1-26-12-4-2-3-11(18)13(12)15-22-14(23-16(25)24-15)9-5-7-10(8-6-9)17(19,20)21/h2-8H,1H3,(H,22,23,24,25). The average Bonchev–Trinajstić information content (AvgIpc) is 2.60. The number of H-pyrrole nitrogens is 1. The lowest BCUT2D eigenvalue weighted by Crippen LogP contribution is -2.15. The molecule has 2 aromatic carbocycles. The minimum atomic E-state index is -4.45. The zero-order valence-corrected chi connectivity index (χ0v) is 14.0. The van der Waals surface area contributed by atoms with Crippen molar-refractivity contribution in [1.29, 1.82) is 0 Å². The molecule has 0 aliphatic rings. The maximum atomic E-state index is 12.7. The highest BCUT2D eigenvalue weighted by Crippen LogP contribution is 2.34. The first kappa shape index (κ1) is 17.9. The molecule has 0 amide bonds. The minimum absolute atomic E-state index is 0.0283. The van der Waals surface area contributed by atoms with E-state index < -0.39 is 17.4 Å². The predicted octanol–water partition coefficient (Wildman–Crippen LogP) is 4.18. The molecule has 134 valence electrons. The maximum Gasteiger partial charge on any atom is 0.416 e. The number of hydrogen-bond acceptors (Lipinski definition) is 4. The number of benzene rings is 2. The fraction of sp³-hybridized carbons (Fsp3) is 0.118. The Bertz CT molecular complexity index is 1000. The molecule has 1 heterocycles. The number of aromatic nitrogens is 3. The second-order valence-electron chi connectivity index (χ2n) is 5.22. The molecule has 0 aliphatic heterocycles. The van der Waals surface area contributed by atoms with Crippen molar-refractivity contribution < 1.29 is 17.9 Å². The number of halogens is 4. The van der Waals surface area contributed by atoms with E-state index in [9.17, 15) is 18.0 Å². The molecule has 3 rings (SSSR count). The molecule has 3 aromatic rings. The molecule has 9 heteroatoms. The summed E-state index contributed by atoms with van der Waals surface area (Å²) >= 11 is 6.18. The fourth-order valence-electron chi connectivity index (χ4n) is 2.34. The Morgan fingerprint density at radius 1 is 1.08 bits per heavy atom. The highest BCUT2D eigenvalue weighted by atomic mass is 35.5. The third-order valence-electron chi connectivity index (χ3n) is 3.55. The monoisotopic (exact) mass is 381 g/mol. The van der Waals surface area contributed by atoms with Gasteiger partial charge in [-0.2, -0.15) is 18.2 Å². The van der Waals surface area contributed by atoms with E-state index in [1.165, 1.54) is 19.2 Å². The van der Waals surface area contributed by atoms with E-state index in [-0.39, 0.29) is 22.2 Å². The number of ether oxygens (including phenoxy) is 1. The Morgan fingerprint density at radius 2 is 1.77 bits per heavy atom. The van der Waals surface area contributed by atoms with Crippen LogP contribution >= 0.6 is 11.6 Å². The van der Waals surface area contributed by atoms with Gasteiger partial charge >= 0.3 is 11.9 Å². The summed E-state index contributed by atoms with van der Waals surface area (Å²) in [6, 6.07) is 9.10. The topological polar surface area (TPSA) is 67.9 Å². The van der Waals surface area contributed by atoms with Crippen LogP contribution in [0.25, 0.3) is 22.8 Å². The van der Waals surface area contributed by atoms with Crippen molar-refractivity contribution in [3.8, 4) is 28.5 Å². The number of methoxy groups -OCH3 is 1. The first-order chi connectivity index (χ1) is 12.3. The highest BCUT2D eigenvalue weighted by molar-refractivity contribution is 6.33. The molecule has 26 heavy (non-hydrogen) atoms. The lowest BCUT2D eigenvalue weighted by molar-refractivity contribution is -0.137. The van der Waals surface area contributed by atoms with Crippen molar-refractivity contribution in [2.75, 3.05) is 7.11 Å². The minimum Gasteiger partial charge on any atom is -0.496 e. The van der Waals surface area contributed by atoms with Gasteiger partial charge in [0.15, 0.2) is 5.82 Å². The average molecular weight is 382 g/mol. The van der Waals surface area contributed by atoms with E-state index in [2.05, 4.69) is 15.0 Å². The van der Waals surface area contributed by atoms with Crippen LogP contribution in [0.15, 0.2) is 47.3 Å². The molecule has 5 nitrogen and oxygen atoms in total. The molecule has 0 saturated carbocycles.